The van der Waals surface area contributed by atoms with Crippen molar-refractivity contribution in [1.29, 1.82) is 5.26 Å². The fraction of sp³-hybridized carbons (Fsp3) is 0.0588. The van der Waals surface area contributed by atoms with E-state index in [1.807, 2.05) is 30.3 Å². The summed E-state index contributed by atoms with van der Waals surface area (Å²) in [5, 5.41) is 32.3. The van der Waals surface area contributed by atoms with Crippen LogP contribution in [0.1, 0.15) is 11.0 Å². The molecule has 0 spiro atoms. The van der Waals surface area contributed by atoms with Crippen molar-refractivity contribution in [3.05, 3.63) is 63.7 Å². The molecule has 2 aromatic heterocycles. The number of azo groups is 1. The molecule has 0 amide bonds. The van der Waals surface area contributed by atoms with Crippen LogP contribution in [0.5, 0.6) is 0 Å². The Labute approximate surface area is 160 Å². The quantitative estimate of drug-likeness (QED) is 0.274. The summed E-state index contributed by atoms with van der Waals surface area (Å²) in [6, 6.07) is 14.3. The van der Waals surface area contributed by atoms with Gasteiger partial charge in [0.25, 0.3) is 5.69 Å². The van der Waals surface area contributed by atoms with Gasteiger partial charge in [-0.25, -0.2) is 4.98 Å². The third kappa shape index (κ3) is 3.44. The Morgan fingerprint density at radius 3 is 2.86 bits per heavy atom. The predicted octanol–water partition coefficient (Wildman–Crippen LogP) is 4.60. The predicted molar refractivity (Wildman–Crippen MR) is 98.9 cm³/mol. The molecule has 0 bridgehead atoms. The summed E-state index contributed by atoms with van der Waals surface area (Å²) in [6.45, 7) is 0. The van der Waals surface area contributed by atoms with Gasteiger partial charge in [-0.05, 0) is 12.1 Å². The van der Waals surface area contributed by atoms with E-state index in [0.29, 0.717) is 10.6 Å². The van der Waals surface area contributed by atoms with E-state index >= 15 is 0 Å². The van der Waals surface area contributed by atoms with Crippen molar-refractivity contribution in [1.82, 2.24) is 15.1 Å². The van der Waals surface area contributed by atoms with Crippen LogP contribution in [0.4, 0.5) is 11.7 Å². The minimum Gasteiger partial charge on any atom is -0.311 e. The number of non-ortho nitro benzene ring substituents is 1. The molecule has 0 aliphatic carbocycles. The largest absolute Gasteiger partial charge is 0.366 e. The number of hydrogen-bond donors (Lipinski definition) is 0. The lowest BCUT2D eigenvalue weighted by molar-refractivity contribution is -0.384. The van der Waals surface area contributed by atoms with Crippen LogP contribution in [0.2, 0.25) is 0 Å². The smallest absolute Gasteiger partial charge is 0.311 e. The number of benzene rings is 2. The van der Waals surface area contributed by atoms with Gasteiger partial charge in [-0.2, -0.15) is 15.4 Å². The first-order chi connectivity index (χ1) is 13.6. The molecule has 2 aromatic carbocycles. The third-order valence-electron chi connectivity index (χ3n) is 3.66. The molecule has 4 aromatic rings. The summed E-state index contributed by atoms with van der Waals surface area (Å²) < 4.78 is 5.93. The molecular formula is C17H9N7O3S. The molecule has 0 saturated heterocycles. The number of thiazole rings is 1. The molecule has 0 fully saturated rings. The van der Waals surface area contributed by atoms with Crippen molar-refractivity contribution in [2.75, 3.05) is 0 Å². The van der Waals surface area contributed by atoms with Gasteiger partial charge in [0.2, 0.25) is 11.9 Å². The van der Waals surface area contributed by atoms with Gasteiger partial charge in [0.05, 0.1) is 21.2 Å². The number of nitrogens with zero attached hydrogens (tertiary/aromatic N) is 7. The van der Waals surface area contributed by atoms with Crippen LogP contribution in [-0.2, 0) is 0 Å². The molecule has 2 heterocycles. The lowest BCUT2D eigenvalue weighted by atomic mass is 10.2. The van der Waals surface area contributed by atoms with Crippen LogP contribution in [-0.4, -0.2) is 20.0 Å². The summed E-state index contributed by atoms with van der Waals surface area (Å²) in [7, 11) is 0. The maximum atomic E-state index is 10.9. The average molecular weight is 391 g/mol. The number of rotatable bonds is 5. The number of nitro benzene ring substituents is 1. The van der Waals surface area contributed by atoms with Gasteiger partial charge in [0, 0.05) is 17.7 Å². The second-order valence-electron chi connectivity index (χ2n) is 5.47. The van der Waals surface area contributed by atoms with Crippen LogP contribution < -0.4 is 0 Å². The Kier molecular flexibility index (Phi) is 4.53. The zero-order chi connectivity index (χ0) is 19.5. The van der Waals surface area contributed by atoms with Crippen molar-refractivity contribution < 1.29 is 9.45 Å². The van der Waals surface area contributed by atoms with Crippen molar-refractivity contribution in [2.24, 2.45) is 10.2 Å². The van der Waals surface area contributed by atoms with Gasteiger partial charge < -0.3 is 4.52 Å². The SMILES string of the molecule is N#CC(N=Nc1nc(-c2cccc([N+](=O)[O-])c2)no1)c1nc2ccccc2s1. The second kappa shape index (κ2) is 7.29. The maximum absolute atomic E-state index is 10.9. The number of fused-ring (bicyclic) bond motifs is 1. The first kappa shape index (κ1) is 17.4. The Morgan fingerprint density at radius 2 is 2.07 bits per heavy atom. The van der Waals surface area contributed by atoms with Crippen molar-refractivity contribution >= 4 is 33.3 Å². The van der Waals surface area contributed by atoms with Crippen LogP contribution in [0.25, 0.3) is 21.6 Å². The molecule has 0 N–H and O–H groups in total. The molecule has 136 valence electrons. The van der Waals surface area contributed by atoms with Gasteiger partial charge in [-0.15, -0.1) is 11.3 Å². The Hall–Kier alpha value is -4.04. The van der Waals surface area contributed by atoms with Gasteiger partial charge in [0.15, 0.2) is 0 Å². The number of hydrogen-bond acceptors (Lipinski definition) is 10. The van der Waals surface area contributed by atoms with Gasteiger partial charge >= 0.3 is 6.01 Å². The number of aromatic nitrogens is 3. The highest BCUT2D eigenvalue weighted by atomic mass is 32.1. The molecular weight excluding hydrogens is 382 g/mol. The van der Waals surface area contributed by atoms with Gasteiger partial charge in [-0.3, -0.25) is 10.1 Å². The third-order valence-corrected chi connectivity index (χ3v) is 4.74. The lowest BCUT2D eigenvalue weighted by Crippen LogP contribution is -1.89. The van der Waals surface area contributed by atoms with Crippen molar-refractivity contribution in [2.45, 2.75) is 6.04 Å². The summed E-state index contributed by atoms with van der Waals surface area (Å²) >= 11 is 1.35. The molecule has 0 saturated carbocycles. The van der Waals surface area contributed by atoms with E-state index in [2.05, 4.69) is 25.4 Å². The molecule has 1 unspecified atom stereocenters. The Bertz CT molecular complexity index is 1210. The zero-order valence-corrected chi connectivity index (χ0v) is 14.8. The standard InChI is InChI=1S/C17H9N7O3S/c18-9-13(16-19-12-6-1-2-7-14(12)28-16)21-22-17-20-15(23-27-17)10-4-3-5-11(8-10)24(25)26/h1-8,13H. The Morgan fingerprint density at radius 1 is 1.21 bits per heavy atom. The summed E-state index contributed by atoms with van der Waals surface area (Å²) in [5.41, 5.74) is 1.09. The van der Waals surface area contributed by atoms with E-state index in [0.717, 1.165) is 10.2 Å². The summed E-state index contributed by atoms with van der Waals surface area (Å²) in [6.07, 6.45) is 0. The zero-order valence-electron chi connectivity index (χ0n) is 14.0. The highest BCUT2D eigenvalue weighted by Crippen LogP contribution is 2.29. The van der Waals surface area contributed by atoms with E-state index in [9.17, 15) is 15.4 Å². The van der Waals surface area contributed by atoms with E-state index in [4.69, 9.17) is 4.52 Å². The molecule has 11 heteroatoms. The molecule has 0 aliphatic rings. The number of nitro groups is 1. The minimum atomic E-state index is -0.912. The first-order valence-electron chi connectivity index (χ1n) is 7.88. The fourth-order valence-corrected chi connectivity index (χ4v) is 3.32. The van der Waals surface area contributed by atoms with Gasteiger partial charge in [-0.1, -0.05) is 34.5 Å². The summed E-state index contributed by atoms with van der Waals surface area (Å²) in [5.74, 6) is 0.131. The van der Waals surface area contributed by atoms with Crippen molar-refractivity contribution in [3.63, 3.8) is 0 Å². The van der Waals surface area contributed by atoms with E-state index in [-0.39, 0.29) is 17.5 Å². The molecule has 28 heavy (non-hydrogen) atoms. The summed E-state index contributed by atoms with van der Waals surface area (Å²) in [4.78, 5) is 18.8. The second-order valence-corrected chi connectivity index (χ2v) is 6.54. The monoisotopic (exact) mass is 391 g/mol. The van der Waals surface area contributed by atoms with Crippen LogP contribution in [0, 0.1) is 21.4 Å². The normalized spacial score (nSPS) is 12.2. The fourth-order valence-electron chi connectivity index (χ4n) is 2.38. The maximum Gasteiger partial charge on any atom is 0.366 e. The first-order valence-corrected chi connectivity index (χ1v) is 8.70. The van der Waals surface area contributed by atoms with E-state index in [1.165, 1.54) is 29.5 Å². The topological polar surface area (TPSA) is 143 Å². The Balaban J connectivity index is 1.57. The van der Waals surface area contributed by atoms with Crippen LogP contribution in [0.3, 0.4) is 0 Å². The highest BCUT2D eigenvalue weighted by Gasteiger charge is 2.16. The van der Waals surface area contributed by atoms with Gasteiger partial charge in [0.1, 0.15) is 5.01 Å². The number of nitriles is 1. The van der Waals surface area contributed by atoms with Crippen LogP contribution >= 0.6 is 11.3 Å². The molecule has 4 rings (SSSR count). The van der Waals surface area contributed by atoms with Crippen LogP contribution in [0.15, 0.2) is 63.3 Å². The van der Waals surface area contributed by atoms with Crippen molar-refractivity contribution in [3.8, 4) is 17.5 Å². The molecule has 1 atom stereocenters. The highest BCUT2D eigenvalue weighted by molar-refractivity contribution is 7.18. The minimum absolute atomic E-state index is 0.0918. The molecule has 0 aliphatic heterocycles. The number of para-hydroxylation sites is 1. The van der Waals surface area contributed by atoms with E-state index < -0.39 is 11.0 Å². The average Bonchev–Trinajstić information content (AvgIpc) is 3.35. The molecule has 10 nitrogen and oxygen atoms in total. The molecule has 0 radical (unpaired) electrons. The van der Waals surface area contributed by atoms with E-state index in [1.54, 1.807) is 6.07 Å². The lowest BCUT2D eigenvalue weighted by Gasteiger charge is -1.94.